The standard InChI is InChI=1S/C27H30N2O6S/c1-34-24-16-12-23(13-17-24)29-36(32,33)25-18-14-22(15-19-25)28-26(30)10-5-11-27(31)35-20-6-9-21-7-3-2-4-8-21/h2-4,7-8,12-19,29H,5-6,9-11,20H2,1H3,(H,28,30). The summed E-state index contributed by atoms with van der Waals surface area (Å²) < 4.78 is 38.0. The SMILES string of the molecule is COc1ccc(NS(=O)(=O)c2ccc(NC(=O)CCCC(=O)OCCCc3ccccc3)cc2)cc1. The number of rotatable bonds is 13. The number of esters is 1. The molecule has 0 radical (unpaired) electrons. The van der Waals surface area contributed by atoms with E-state index in [2.05, 4.69) is 10.0 Å². The molecule has 8 nitrogen and oxygen atoms in total. The van der Waals surface area contributed by atoms with Gasteiger partial charge in [0, 0.05) is 24.2 Å². The summed E-state index contributed by atoms with van der Waals surface area (Å²) in [7, 11) is -2.25. The molecule has 0 aliphatic heterocycles. The molecule has 0 fully saturated rings. The van der Waals surface area contributed by atoms with Crippen molar-refractivity contribution in [1.29, 1.82) is 0 Å². The van der Waals surface area contributed by atoms with Crippen molar-refractivity contribution < 1.29 is 27.5 Å². The smallest absolute Gasteiger partial charge is 0.305 e. The van der Waals surface area contributed by atoms with E-state index in [9.17, 15) is 18.0 Å². The zero-order valence-corrected chi connectivity index (χ0v) is 20.9. The zero-order valence-electron chi connectivity index (χ0n) is 20.1. The number of sulfonamides is 1. The maximum atomic E-state index is 12.6. The normalized spacial score (nSPS) is 10.9. The van der Waals surface area contributed by atoms with Crippen LogP contribution in [0.1, 0.15) is 31.2 Å². The average Bonchev–Trinajstić information content (AvgIpc) is 2.88. The van der Waals surface area contributed by atoms with Crippen LogP contribution in [0, 0.1) is 0 Å². The molecule has 2 N–H and O–H groups in total. The lowest BCUT2D eigenvalue weighted by atomic mass is 10.1. The number of methoxy groups -OCH3 is 1. The third-order valence-electron chi connectivity index (χ3n) is 5.29. The van der Waals surface area contributed by atoms with E-state index in [0.29, 0.717) is 30.2 Å². The predicted octanol–water partition coefficient (Wildman–Crippen LogP) is 4.78. The first-order valence-electron chi connectivity index (χ1n) is 11.6. The average molecular weight is 511 g/mol. The minimum atomic E-state index is -3.78. The number of carbonyl (C=O) groups excluding carboxylic acids is 2. The summed E-state index contributed by atoms with van der Waals surface area (Å²) in [5.41, 5.74) is 2.07. The Balaban J connectivity index is 1.36. The summed E-state index contributed by atoms with van der Waals surface area (Å²) in [5, 5.41) is 2.71. The van der Waals surface area contributed by atoms with E-state index in [1.54, 1.807) is 24.3 Å². The van der Waals surface area contributed by atoms with Crippen molar-refractivity contribution in [2.75, 3.05) is 23.8 Å². The lowest BCUT2D eigenvalue weighted by Gasteiger charge is -2.10. The highest BCUT2D eigenvalue weighted by Crippen LogP contribution is 2.20. The number of hydrogen-bond acceptors (Lipinski definition) is 6. The maximum Gasteiger partial charge on any atom is 0.305 e. The van der Waals surface area contributed by atoms with Crippen LogP contribution in [0.3, 0.4) is 0 Å². The second kappa shape index (κ2) is 13.3. The summed E-state index contributed by atoms with van der Waals surface area (Å²) >= 11 is 0. The van der Waals surface area contributed by atoms with Crippen molar-refractivity contribution in [3.63, 3.8) is 0 Å². The van der Waals surface area contributed by atoms with Gasteiger partial charge in [0.1, 0.15) is 5.75 Å². The van der Waals surface area contributed by atoms with E-state index in [4.69, 9.17) is 9.47 Å². The lowest BCUT2D eigenvalue weighted by molar-refractivity contribution is -0.143. The van der Waals surface area contributed by atoms with Gasteiger partial charge in [0.15, 0.2) is 0 Å². The first-order chi connectivity index (χ1) is 17.4. The topological polar surface area (TPSA) is 111 Å². The van der Waals surface area contributed by atoms with Crippen LogP contribution in [0.15, 0.2) is 83.8 Å². The van der Waals surface area contributed by atoms with Crippen molar-refractivity contribution in [3.8, 4) is 5.75 Å². The lowest BCUT2D eigenvalue weighted by Crippen LogP contribution is -2.14. The highest BCUT2D eigenvalue weighted by molar-refractivity contribution is 7.92. The Labute approximate surface area is 211 Å². The second-order valence-corrected chi connectivity index (χ2v) is 9.75. The number of aryl methyl sites for hydroxylation is 1. The molecule has 0 aliphatic carbocycles. The molecule has 9 heteroatoms. The number of ether oxygens (including phenoxy) is 2. The number of nitrogens with one attached hydrogen (secondary N) is 2. The molecule has 1 amide bonds. The maximum absolute atomic E-state index is 12.6. The monoisotopic (exact) mass is 510 g/mol. The summed E-state index contributed by atoms with van der Waals surface area (Å²) in [6, 6.07) is 22.3. The first kappa shape index (κ1) is 26.7. The van der Waals surface area contributed by atoms with Crippen LogP contribution in [-0.4, -0.2) is 34.0 Å². The Morgan fingerprint density at radius 3 is 2.14 bits per heavy atom. The van der Waals surface area contributed by atoms with Crippen molar-refractivity contribution >= 4 is 33.3 Å². The number of carbonyl (C=O) groups is 2. The third kappa shape index (κ3) is 8.74. The molecule has 0 aliphatic rings. The predicted molar refractivity (Wildman–Crippen MR) is 138 cm³/mol. The molecule has 0 atom stereocenters. The van der Waals surface area contributed by atoms with Gasteiger partial charge in [-0.15, -0.1) is 0 Å². The molecule has 0 aromatic heterocycles. The van der Waals surface area contributed by atoms with Crippen LogP contribution in [-0.2, 0) is 30.8 Å². The third-order valence-corrected chi connectivity index (χ3v) is 6.69. The van der Waals surface area contributed by atoms with Gasteiger partial charge in [-0.25, -0.2) is 8.42 Å². The van der Waals surface area contributed by atoms with Gasteiger partial charge in [0.05, 0.1) is 18.6 Å². The molecule has 0 heterocycles. The number of amides is 1. The van der Waals surface area contributed by atoms with Gasteiger partial charge in [0.2, 0.25) is 5.91 Å². The minimum absolute atomic E-state index is 0.0614. The fourth-order valence-electron chi connectivity index (χ4n) is 3.39. The Kier molecular flexibility index (Phi) is 9.88. The van der Waals surface area contributed by atoms with Crippen LogP contribution < -0.4 is 14.8 Å². The quantitative estimate of drug-likeness (QED) is 0.253. The van der Waals surface area contributed by atoms with Crippen molar-refractivity contribution in [2.45, 2.75) is 37.0 Å². The van der Waals surface area contributed by atoms with Crippen molar-refractivity contribution in [3.05, 3.63) is 84.4 Å². The van der Waals surface area contributed by atoms with E-state index in [-0.39, 0.29) is 29.6 Å². The molecule has 3 rings (SSSR count). The van der Waals surface area contributed by atoms with Crippen LogP contribution >= 0.6 is 0 Å². The zero-order chi connectivity index (χ0) is 25.8. The highest BCUT2D eigenvalue weighted by atomic mass is 32.2. The fraction of sp³-hybridized carbons (Fsp3) is 0.259. The summed E-state index contributed by atoms with van der Waals surface area (Å²) in [6.07, 6.45) is 2.26. The molecule has 0 bridgehead atoms. The van der Waals surface area contributed by atoms with Crippen molar-refractivity contribution in [2.24, 2.45) is 0 Å². The van der Waals surface area contributed by atoms with E-state index in [0.717, 1.165) is 12.8 Å². The minimum Gasteiger partial charge on any atom is -0.497 e. The first-order valence-corrected chi connectivity index (χ1v) is 13.1. The summed E-state index contributed by atoms with van der Waals surface area (Å²) in [4.78, 5) is 24.1. The Hall–Kier alpha value is -3.85. The van der Waals surface area contributed by atoms with Gasteiger partial charge >= 0.3 is 5.97 Å². The Bertz CT molecular complexity index is 1230. The van der Waals surface area contributed by atoms with Crippen LogP contribution in [0.2, 0.25) is 0 Å². The molecule has 3 aromatic carbocycles. The van der Waals surface area contributed by atoms with E-state index < -0.39 is 10.0 Å². The van der Waals surface area contributed by atoms with Gasteiger partial charge in [-0.1, -0.05) is 30.3 Å². The van der Waals surface area contributed by atoms with E-state index in [1.165, 1.54) is 36.9 Å². The van der Waals surface area contributed by atoms with Crippen LogP contribution in [0.4, 0.5) is 11.4 Å². The summed E-state index contributed by atoms with van der Waals surface area (Å²) in [6.45, 7) is 0.350. The van der Waals surface area contributed by atoms with Crippen molar-refractivity contribution in [1.82, 2.24) is 0 Å². The fourth-order valence-corrected chi connectivity index (χ4v) is 4.45. The van der Waals surface area contributed by atoms with Gasteiger partial charge in [-0.3, -0.25) is 14.3 Å². The van der Waals surface area contributed by atoms with Gasteiger partial charge in [0.25, 0.3) is 10.0 Å². The molecule has 36 heavy (non-hydrogen) atoms. The van der Waals surface area contributed by atoms with Crippen LogP contribution in [0.5, 0.6) is 5.75 Å². The Morgan fingerprint density at radius 1 is 0.806 bits per heavy atom. The molecule has 0 saturated heterocycles. The molecule has 0 unspecified atom stereocenters. The molecule has 0 spiro atoms. The van der Waals surface area contributed by atoms with Crippen LogP contribution in [0.25, 0.3) is 0 Å². The highest BCUT2D eigenvalue weighted by Gasteiger charge is 2.15. The van der Waals surface area contributed by atoms with Gasteiger partial charge < -0.3 is 14.8 Å². The molecule has 190 valence electrons. The second-order valence-electron chi connectivity index (χ2n) is 8.07. The summed E-state index contributed by atoms with van der Waals surface area (Å²) in [5.74, 6) is 0.0300. The van der Waals surface area contributed by atoms with E-state index in [1.807, 2.05) is 30.3 Å². The van der Waals surface area contributed by atoms with Gasteiger partial charge in [-0.05, 0) is 73.4 Å². The molecular formula is C27H30N2O6S. The number of benzene rings is 3. The molecular weight excluding hydrogens is 480 g/mol. The largest absolute Gasteiger partial charge is 0.497 e. The van der Waals surface area contributed by atoms with Gasteiger partial charge in [-0.2, -0.15) is 0 Å². The molecule has 0 saturated carbocycles. The number of anilines is 2. The number of hydrogen-bond donors (Lipinski definition) is 2. The Morgan fingerprint density at radius 2 is 1.47 bits per heavy atom. The van der Waals surface area contributed by atoms with E-state index >= 15 is 0 Å². The molecule has 3 aromatic rings.